The maximum atomic E-state index is 5.62. The summed E-state index contributed by atoms with van der Waals surface area (Å²) in [7, 11) is 1.68. The number of anilines is 1. The van der Waals surface area contributed by atoms with Crippen LogP contribution in [0.15, 0.2) is 6.07 Å². The Morgan fingerprint density at radius 1 is 1.33 bits per heavy atom. The SMILES string of the molecule is CCOc1cc(N(CCN)CCOC)nc(C)n1. The Morgan fingerprint density at radius 3 is 2.72 bits per heavy atom. The fraction of sp³-hybridized carbons (Fsp3) is 0.667. The summed E-state index contributed by atoms with van der Waals surface area (Å²) < 4.78 is 10.5. The molecule has 0 bridgehead atoms. The Labute approximate surface area is 108 Å². The molecule has 1 rings (SSSR count). The highest BCUT2D eigenvalue weighted by Gasteiger charge is 2.10. The maximum absolute atomic E-state index is 5.62. The lowest BCUT2D eigenvalue weighted by atomic mass is 10.4. The molecule has 1 aromatic rings. The predicted molar refractivity (Wildman–Crippen MR) is 71.1 cm³/mol. The normalized spacial score (nSPS) is 10.4. The highest BCUT2D eigenvalue weighted by molar-refractivity contribution is 5.41. The van der Waals surface area contributed by atoms with Crippen LogP contribution in [-0.4, -0.2) is 49.9 Å². The van der Waals surface area contributed by atoms with Crippen LogP contribution in [0, 0.1) is 6.92 Å². The van der Waals surface area contributed by atoms with Crippen molar-refractivity contribution in [2.45, 2.75) is 13.8 Å². The molecule has 0 aliphatic rings. The van der Waals surface area contributed by atoms with E-state index in [4.69, 9.17) is 15.2 Å². The number of nitrogens with zero attached hydrogens (tertiary/aromatic N) is 3. The Morgan fingerprint density at radius 2 is 2.11 bits per heavy atom. The summed E-state index contributed by atoms with van der Waals surface area (Å²) in [5, 5.41) is 0. The maximum Gasteiger partial charge on any atom is 0.218 e. The van der Waals surface area contributed by atoms with E-state index in [2.05, 4.69) is 14.9 Å². The van der Waals surface area contributed by atoms with E-state index < -0.39 is 0 Å². The molecule has 18 heavy (non-hydrogen) atoms. The van der Waals surface area contributed by atoms with Gasteiger partial charge in [-0.2, -0.15) is 4.98 Å². The van der Waals surface area contributed by atoms with E-state index in [-0.39, 0.29) is 0 Å². The highest BCUT2D eigenvalue weighted by Crippen LogP contribution is 2.17. The molecule has 0 aliphatic carbocycles. The standard InChI is InChI=1S/C12H22N4O2/c1-4-18-12-9-11(14-10(2)15-12)16(6-5-13)7-8-17-3/h9H,4-8,13H2,1-3H3. The molecular weight excluding hydrogens is 232 g/mol. The zero-order valence-electron chi connectivity index (χ0n) is 11.3. The molecule has 6 heteroatoms. The van der Waals surface area contributed by atoms with E-state index in [0.717, 1.165) is 18.9 Å². The average Bonchev–Trinajstić information content (AvgIpc) is 2.34. The van der Waals surface area contributed by atoms with Crippen molar-refractivity contribution in [3.63, 3.8) is 0 Å². The van der Waals surface area contributed by atoms with Gasteiger partial charge < -0.3 is 20.1 Å². The van der Waals surface area contributed by atoms with E-state index >= 15 is 0 Å². The lowest BCUT2D eigenvalue weighted by molar-refractivity contribution is 0.205. The van der Waals surface area contributed by atoms with Crippen LogP contribution in [0.25, 0.3) is 0 Å². The summed E-state index contributed by atoms with van der Waals surface area (Å²) in [6.45, 7) is 7.04. The fourth-order valence-corrected chi connectivity index (χ4v) is 1.61. The van der Waals surface area contributed by atoms with Crippen molar-refractivity contribution in [3.05, 3.63) is 11.9 Å². The van der Waals surface area contributed by atoms with Gasteiger partial charge in [0.15, 0.2) is 0 Å². The van der Waals surface area contributed by atoms with Crippen LogP contribution in [0.3, 0.4) is 0 Å². The Bertz CT molecular complexity index is 360. The molecule has 0 radical (unpaired) electrons. The molecule has 0 aliphatic heterocycles. The van der Waals surface area contributed by atoms with Crippen molar-refractivity contribution >= 4 is 5.82 Å². The third-order valence-corrected chi connectivity index (χ3v) is 2.38. The van der Waals surface area contributed by atoms with Crippen LogP contribution in [0.1, 0.15) is 12.7 Å². The number of hydrogen-bond acceptors (Lipinski definition) is 6. The minimum Gasteiger partial charge on any atom is -0.478 e. The number of methoxy groups -OCH3 is 1. The molecule has 102 valence electrons. The average molecular weight is 254 g/mol. The smallest absolute Gasteiger partial charge is 0.218 e. The third kappa shape index (κ3) is 4.46. The first kappa shape index (κ1) is 14.7. The van der Waals surface area contributed by atoms with E-state index in [1.807, 2.05) is 19.9 Å². The molecule has 1 aromatic heterocycles. The molecule has 6 nitrogen and oxygen atoms in total. The molecular formula is C12H22N4O2. The molecule has 0 saturated heterocycles. The molecule has 0 saturated carbocycles. The van der Waals surface area contributed by atoms with E-state index in [1.165, 1.54) is 0 Å². The predicted octanol–water partition coefficient (Wildman–Crippen LogP) is 0.595. The monoisotopic (exact) mass is 254 g/mol. The van der Waals surface area contributed by atoms with Crippen LogP contribution in [0.4, 0.5) is 5.82 Å². The molecule has 1 heterocycles. The largest absolute Gasteiger partial charge is 0.478 e. The van der Waals surface area contributed by atoms with Crippen LogP contribution < -0.4 is 15.4 Å². The van der Waals surface area contributed by atoms with Gasteiger partial charge in [-0.25, -0.2) is 4.98 Å². The summed E-state index contributed by atoms with van der Waals surface area (Å²) in [5.41, 5.74) is 5.62. The number of hydrogen-bond donors (Lipinski definition) is 1. The summed E-state index contributed by atoms with van der Waals surface area (Å²) >= 11 is 0. The van der Waals surface area contributed by atoms with Gasteiger partial charge in [0.05, 0.1) is 13.2 Å². The second-order valence-electron chi connectivity index (χ2n) is 3.81. The van der Waals surface area contributed by atoms with Gasteiger partial charge in [0, 0.05) is 32.8 Å². The lowest BCUT2D eigenvalue weighted by Crippen LogP contribution is -2.33. The first-order valence-electron chi connectivity index (χ1n) is 6.13. The summed E-state index contributed by atoms with van der Waals surface area (Å²) in [4.78, 5) is 10.7. The first-order chi connectivity index (χ1) is 8.71. The topological polar surface area (TPSA) is 73.5 Å². The molecule has 0 aromatic carbocycles. The molecule has 0 atom stereocenters. The number of aryl methyl sites for hydroxylation is 1. The van der Waals surface area contributed by atoms with Crippen molar-refractivity contribution in [1.29, 1.82) is 0 Å². The van der Waals surface area contributed by atoms with Crippen LogP contribution >= 0.6 is 0 Å². The lowest BCUT2D eigenvalue weighted by Gasteiger charge is -2.23. The van der Waals surface area contributed by atoms with E-state index in [9.17, 15) is 0 Å². The van der Waals surface area contributed by atoms with Gasteiger partial charge in [0.1, 0.15) is 11.6 Å². The number of rotatable bonds is 8. The zero-order chi connectivity index (χ0) is 13.4. The molecule has 0 spiro atoms. The van der Waals surface area contributed by atoms with Crippen LogP contribution in [0.5, 0.6) is 5.88 Å². The fourth-order valence-electron chi connectivity index (χ4n) is 1.61. The second kappa shape index (κ2) is 7.84. The van der Waals surface area contributed by atoms with Crippen molar-refractivity contribution < 1.29 is 9.47 Å². The van der Waals surface area contributed by atoms with Crippen molar-refractivity contribution in [2.24, 2.45) is 5.73 Å². The molecule has 2 N–H and O–H groups in total. The van der Waals surface area contributed by atoms with Crippen molar-refractivity contribution in [1.82, 2.24) is 9.97 Å². The summed E-state index contributed by atoms with van der Waals surface area (Å²) in [5.74, 6) is 2.11. The van der Waals surface area contributed by atoms with Crippen LogP contribution in [0.2, 0.25) is 0 Å². The second-order valence-corrected chi connectivity index (χ2v) is 3.81. The number of ether oxygens (including phenoxy) is 2. The van der Waals surface area contributed by atoms with Gasteiger partial charge in [0.2, 0.25) is 5.88 Å². The molecule has 0 fully saturated rings. The third-order valence-electron chi connectivity index (χ3n) is 2.38. The number of aromatic nitrogens is 2. The Kier molecular flexibility index (Phi) is 6.38. The van der Waals surface area contributed by atoms with Gasteiger partial charge in [-0.05, 0) is 13.8 Å². The van der Waals surface area contributed by atoms with E-state index in [0.29, 0.717) is 31.5 Å². The summed E-state index contributed by atoms with van der Waals surface area (Å²) in [6.07, 6.45) is 0. The minimum absolute atomic E-state index is 0.566. The van der Waals surface area contributed by atoms with Crippen molar-refractivity contribution in [2.75, 3.05) is 44.9 Å². The van der Waals surface area contributed by atoms with Crippen molar-refractivity contribution in [3.8, 4) is 5.88 Å². The minimum atomic E-state index is 0.566. The van der Waals surface area contributed by atoms with Gasteiger partial charge in [-0.15, -0.1) is 0 Å². The molecule has 0 amide bonds. The first-order valence-corrected chi connectivity index (χ1v) is 6.13. The Balaban J connectivity index is 2.87. The van der Waals surface area contributed by atoms with Crippen LogP contribution in [-0.2, 0) is 4.74 Å². The van der Waals surface area contributed by atoms with Gasteiger partial charge >= 0.3 is 0 Å². The van der Waals surface area contributed by atoms with Gasteiger partial charge in [-0.1, -0.05) is 0 Å². The van der Waals surface area contributed by atoms with Gasteiger partial charge in [0.25, 0.3) is 0 Å². The quantitative estimate of drug-likeness (QED) is 0.732. The number of nitrogens with two attached hydrogens (primary N) is 1. The zero-order valence-corrected chi connectivity index (χ0v) is 11.3. The van der Waals surface area contributed by atoms with Gasteiger partial charge in [-0.3, -0.25) is 0 Å². The Hall–Kier alpha value is -1.40. The van der Waals surface area contributed by atoms with E-state index in [1.54, 1.807) is 7.11 Å². The summed E-state index contributed by atoms with van der Waals surface area (Å²) in [6, 6.07) is 1.84. The highest BCUT2D eigenvalue weighted by atomic mass is 16.5. The molecule has 0 unspecified atom stereocenters.